The van der Waals surface area contributed by atoms with Gasteiger partial charge in [0.25, 0.3) is 0 Å². The average molecular weight is 404 g/mol. The zero-order valence-electron chi connectivity index (χ0n) is 17.9. The Morgan fingerprint density at radius 1 is 1.00 bits per heavy atom. The van der Waals surface area contributed by atoms with Gasteiger partial charge in [0.2, 0.25) is 0 Å². The Kier molecular flexibility index (Phi) is 4.30. The van der Waals surface area contributed by atoms with Crippen molar-refractivity contribution in [1.29, 1.82) is 0 Å². The third-order valence-electron chi connectivity index (χ3n) is 8.66. The normalized spacial score (nSPS) is 36.3. The molecule has 3 N–H and O–H groups in total. The molecule has 5 aliphatic rings. The Morgan fingerprint density at radius 2 is 1.67 bits per heavy atom. The van der Waals surface area contributed by atoms with E-state index < -0.39 is 6.10 Å². The minimum atomic E-state index is -0.406. The van der Waals surface area contributed by atoms with Crippen LogP contribution in [0.3, 0.4) is 0 Å². The van der Waals surface area contributed by atoms with Crippen LogP contribution in [-0.2, 0) is 18.4 Å². The summed E-state index contributed by atoms with van der Waals surface area (Å²) >= 11 is 0. The average Bonchev–Trinajstić information content (AvgIpc) is 3.02. The van der Waals surface area contributed by atoms with Gasteiger partial charge in [-0.25, -0.2) is 0 Å². The van der Waals surface area contributed by atoms with Gasteiger partial charge in [0.05, 0.1) is 12.1 Å². The first kappa shape index (κ1) is 18.9. The van der Waals surface area contributed by atoms with E-state index in [1.165, 1.54) is 60.8 Å². The highest BCUT2D eigenvalue weighted by molar-refractivity contribution is 5.49. The van der Waals surface area contributed by atoms with Gasteiger partial charge < -0.3 is 15.5 Å². The van der Waals surface area contributed by atoms with Crippen LogP contribution >= 0.6 is 0 Å². The first-order valence-corrected chi connectivity index (χ1v) is 11.8. The third-order valence-corrected chi connectivity index (χ3v) is 8.66. The van der Waals surface area contributed by atoms with Gasteiger partial charge in [0.1, 0.15) is 5.75 Å². The van der Waals surface area contributed by atoms with E-state index in [-0.39, 0.29) is 11.5 Å². The van der Waals surface area contributed by atoms with Gasteiger partial charge in [-0.3, -0.25) is 0 Å². The zero-order chi connectivity index (χ0) is 20.5. The number of hydrogen-bond donors (Lipinski definition) is 3. The quantitative estimate of drug-likeness (QED) is 0.679. The summed E-state index contributed by atoms with van der Waals surface area (Å²) in [6.07, 6.45) is 8.33. The van der Waals surface area contributed by atoms with Crippen molar-refractivity contribution in [1.82, 2.24) is 5.32 Å². The van der Waals surface area contributed by atoms with Crippen LogP contribution in [0.4, 0.5) is 0 Å². The van der Waals surface area contributed by atoms with Crippen molar-refractivity contribution in [2.24, 2.45) is 17.8 Å². The molecule has 0 aliphatic heterocycles. The molecule has 0 radical (unpaired) electrons. The van der Waals surface area contributed by atoms with Crippen LogP contribution in [0, 0.1) is 24.7 Å². The van der Waals surface area contributed by atoms with Gasteiger partial charge in [0, 0.05) is 24.1 Å². The fourth-order valence-electron chi connectivity index (χ4n) is 7.87. The van der Waals surface area contributed by atoms with Crippen LogP contribution in [0.2, 0.25) is 0 Å². The van der Waals surface area contributed by atoms with E-state index in [0.717, 1.165) is 23.3 Å². The molecule has 0 heterocycles. The van der Waals surface area contributed by atoms with Crippen molar-refractivity contribution in [3.8, 4) is 5.75 Å². The van der Waals surface area contributed by atoms with Crippen LogP contribution in [0.25, 0.3) is 0 Å². The lowest BCUT2D eigenvalue weighted by atomic mass is 9.48. The number of phenolic OH excluding ortho intramolecular Hbond substituents is 1. The molecule has 0 saturated heterocycles. The molecular formula is C27H33NO2. The number of aliphatic hydroxyl groups excluding tert-OH is 1. The van der Waals surface area contributed by atoms with Gasteiger partial charge >= 0.3 is 0 Å². The van der Waals surface area contributed by atoms with E-state index in [4.69, 9.17) is 0 Å². The van der Waals surface area contributed by atoms with E-state index in [1.807, 2.05) is 12.1 Å². The Hall–Kier alpha value is -1.84. The molecule has 2 aromatic rings. The second-order valence-corrected chi connectivity index (χ2v) is 10.8. The molecule has 4 bridgehead atoms. The predicted octanol–water partition coefficient (Wildman–Crippen LogP) is 4.92. The molecule has 0 amide bonds. The number of aromatic hydroxyl groups is 1. The smallest absolute Gasteiger partial charge is 0.123 e. The number of phenols is 1. The number of aryl methyl sites for hydroxylation is 1. The highest BCUT2D eigenvalue weighted by atomic mass is 16.3. The van der Waals surface area contributed by atoms with Crippen LogP contribution in [-0.4, -0.2) is 16.3 Å². The molecule has 4 fully saturated rings. The summed E-state index contributed by atoms with van der Waals surface area (Å²) in [5.74, 6) is 3.10. The molecule has 158 valence electrons. The second-order valence-electron chi connectivity index (χ2n) is 10.8. The fourth-order valence-corrected chi connectivity index (χ4v) is 7.87. The summed E-state index contributed by atoms with van der Waals surface area (Å²) < 4.78 is 0. The highest BCUT2D eigenvalue weighted by Crippen LogP contribution is 2.62. The van der Waals surface area contributed by atoms with Crippen molar-refractivity contribution in [2.45, 2.75) is 76.0 Å². The molecule has 2 atom stereocenters. The molecule has 0 aromatic heterocycles. The molecule has 5 aliphatic carbocycles. The molecule has 0 unspecified atom stereocenters. The maximum atomic E-state index is 11.4. The minimum Gasteiger partial charge on any atom is -0.507 e. The van der Waals surface area contributed by atoms with Crippen LogP contribution in [0.5, 0.6) is 5.75 Å². The molecule has 3 heteroatoms. The Balaban J connectivity index is 1.29. The zero-order valence-corrected chi connectivity index (χ0v) is 17.9. The molecule has 7 rings (SSSR count). The van der Waals surface area contributed by atoms with E-state index in [9.17, 15) is 10.2 Å². The van der Waals surface area contributed by atoms with E-state index >= 15 is 0 Å². The standard InChI is InChI=1S/C27H33NO2/c1-16-6-21(15-28-25-22-5-3-2-4-20(22)11-24(25)29)26(30)23(7-16)27-12-17-8-18(13-27)10-19(9-17)14-27/h2-7,17-19,24-25,28-30H,8-15H2,1H3/t17?,18?,19?,24-,25+,27?/m1/s1. The summed E-state index contributed by atoms with van der Waals surface area (Å²) in [5.41, 5.74) is 6.05. The maximum absolute atomic E-state index is 11.4. The van der Waals surface area contributed by atoms with Gasteiger partial charge in [-0.15, -0.1) is 0 Å². The van der Waals surface area contributed by atoms with E-state index in [0.29, 0.717) is 18.7 Å². The van der Waals surface area contributed by atoms with Crippen molar-refractivity contribution in [3.05, 3.63) is 64.2 Å². The van der Waals surface area contributed by atoms with Crippen LogP contribution in [0.15, 0.2) is 36.4 Å². The van der Waals surface area contributed by atoms with Crippen LogP contribution in [0.1, 0.15) is 72.4 Å². The maximum Gasteiger partial charge on any atom is 0.123 e. The Morgan fingerprint density at radius 3 is 2.37 bits per heavy atom. The van der Waals surface area contributed by atoms with Crippen molar-refractivity contribution >= 4 is 0 Å². The lowest BCUT2D eigenvalue weighted by molar-refractivity contribution is -0.00622. The highest BCUT2D eigenvalue weighted by Gasteiger charge is 2.52. The summed E-state index contributed by atoms with van der Waals surface area (Å²) in [7, 11) is 0. The van der Waals surface area contributed by atoms with Gasteiger partial charge in [-0.1, -0.05) is 42.0 Å². The second kappa shape index (κ2) is 6.83. The molecule has 3 nitrogen and oxygen atoms in total. The molecule has 30 heavy (non-hydrogen) atoms. The van der Waals surface area contributed by atoms with E-state index in [1.54, 1.807) is 0 Å². The molecular weight excluding hydrogens is 370 g/mol. The lowest BCUT2D eigenvalue weighted by Crippen LogP contribution is -2.48. The van der Waals surface area contributed by atoms with Crippen molar-refractivity contribution in [3.63, 3.8) is 0 Å². The Labute approximate surface area is 179 Å². The molecule has 2 aromatic carbocycles. The number of aliphatic hydroxyl groups is 1. The lowest BCUT2D eigenvalue weighted by Gasteiger charge is -2.57. The number of rotatable bonds is 4. The number of fused-ring (bicyclic) bond motifs is 1. The summed E-state index contributed by atoms with van der Waals surface area (Å²) in [6, 6.07) is 12.6. The summed E-state index contributed by atoms with van der Waals surface area (Å²) in [6.45, 7) is 2.75. The molecule has 4 saturated carbocycles. The monoisotopic (exact) mass is 403 g/mol. The van der Waals surface area contributed by atoms with Crippen molar-refractivity contribution in [2.75, 3.05) is 0 Å². The van der Waals surface area contributed by atoms with Gasteiger partial charge in [0.15, 0.2) is 0 Å². The fraction of sp³-hybridized carbons (Fsp3) is 0.556. The largest absolute Gasteiger partial charge is 0.507 e. The molecule has 0 spiro atoms. The van der Waals surface area contributed by atoms with Crippen LogP contribution < -0.4 is 5.32 Å². The first-order chi connectivity index (χ1) is 14.5. The topological polar surface area (TPSA) is 52.5 Å². The predicted molar refractivity (Wildman–Crippen MR) is 118 cm³/mol. The SMILES string of the molecule is Cc1cc(CN[C@H]2c3ccccc3C[C@H]2O)c(O)c(C23CC4CC(CC(C4)C2)C3)c1. The van der Waals surface area contributed by atoms with Crippen molar-refractivity contribution < 1.29 is 10.2 Å². The van der Waals surface area contributed by atoms with Gasteiger partial charge in [-0.2, -0.15) is 0 Å². The number of benzene rings is 2. The Bertz CT molecular complexity index is 946. The summed E-state index contributed by atoms with van der Waals surface area (Å²) in [4.78, 5) is 0. The third kappa shape index (κ3) is 2.93. The minimum absolute atomic E-state index is 0.0656. The number of nitrogens with one attached hydrogen (secondary N) is 1. The van der Waals surface area contributed by atoms with Gasteiger partial charge in [-0.05, 0) is 79.7 Å². The first-order valence-electron chi connectivity index (χ1n) is 11.8. The van der Waals surface area contributed by atoms with E-state index in [2.05, 4.69) is 36.5 Å². The number of hydrogen-bond acceptors (Lipinski definition) is 3. The summed E-state index contributed by atoms with van der Waals surface area (Å²) in [5, 5.41) is 25.6.